The fourth-order valence-corrected chi connectivity index (χ4v) is 2.36. The first-order valence-electron chi connectivity index (χ1n) is 7.59. The molecule has 118 valence electrons. The maximum atomic E-state index is 5.86. The van der Waals surface area contributed by atoms with Crippen LogP contribution in [0.25, 0.3) is 16.9 Å². The van der Waals surface area contributed by atoms with E-state index in [0.29, 0.717) is 5.69 Å². The molecule has 0 saturated carbocycles. The minimum atomic E-state index is 0.160. The summed E-state index contributed by atoms with van der Waals surface area (Å²) in [6.45, 7) is 6.04. The van der Waals surface area contributed by atoms with E-state index in [2.05, 4.69) is 10.3 Å². The molecule has 5 heteroatoms. The van der Waals surface area contributed by atoms with Gasteiger partial charge in [-0.3, -0.25) is 0 Å². The lowest BCUT2D eigenvalue weighted by atomic mass is 10.1. The first-order valence-corrected chi connectivity index (χ1v) is 7.59. The van der Waals surface area contributed by atoms with Crippen molar-refractivity contribution >= 4 is 5.69 Å². The second-order valence-electron chi connectivity index (χ2n) is 5.79. The molecule has 0 aliphatic heterocycles. The predicted molar refractivity (Wildman–Crippen MR) is 91.7 cm³/mol. The van der Waals surface area contributed by atoms with E-state index in [1.807, 2.05) is 69.4 Å². The van der Waals surface area contributed by atoms with Gasteiger partial charge in [0.05, 0.1) is 18.0 Å². The summed E-state index contributed by atoms with van der Waals surface area (Å²) in [6, 6.07) is 13.6. The molecule has 0 spiro atoms. The van der Waals surface area contributed by atoms with E-state index in [4.69, 9.17) is 10.5 Å². The van der Waals surface area contributed by atoms with Crippen molar-refractivity contribution in [2.24, 2.45) is 0 Å². The third-order valence-corrected chi connectivity index (χ3v) is 3.50. The van der Waals surface area contributed by atoms with Crippen LogP contribution in [-0.4, -0.2) is 21.1 Å². The highest BCUT2D eigenvalue weighted by Gasteiger charge is 2.08. The van der Waals surface area contributed by atoms with Gasteiger partial charge < -0.3 is 10.5 Å². The van der Waals surface area contributed by atoms with Crippen LogP contribution < -0.4 is 10.5 Å². The third-order valence-electron chi connectivity index (χ3n) is 3.50. The molecule has 2 N–H and O–H groups in total. The molecule has 1 aromatic heterocycles. The van der Waals surface area contributed by atoms with Gasteiger partial charge in [0.2, 0.25) is 0 Å². The van der Waals surface area contributed by atoms with Crippen LogP contribution in [-0.2, 0) is 0 Å². The van der Waals surface area contributed by atoms with Crippen molar-refractivity contribution in [3.05, 3.63) is 54.2 Å². The van der Waals surface area contributed by atoms with Crippen LogP contribution in [0, 0.1) is 6.92 Å². The van der Waals surface area contributed by atoms with Gasteiger partial charge in [0.15, 0.2) is 0 Å². The lowest BCUT2D eigenvalue weighted by Gasteiger charge is -2.09. The molecule has 23 heavy (non-hydrogen) atoms. The van der Waals surface area contributed by atoms with Gasteiger partial charge in [-0.2, -0.15) is 0 Å². The lowest BCUT2D eigenvalue weighted by molar-refractivity contribution is 0.242. The van der Waals surface area contributed by atoms with E-state index >= 15 is 0 Å². The lowest BCUT2D eigenvalue weighted by Crippen LogP contribution is -2.05. The number of hydrogen-bond donors (Lipinski definition) is 1. The van der Waals surface area contributed by atoms with E-state index in [0.717, 1.165) is 28.3 Å². The summed E-state index contributed by atoms with van der Waals surface area (Å²) in [5, 5.41) is 8.47. The van der Waals surface area contributed by atoms with Crippen molar-refractivity contribution in [2.75, 3.05) is 5.73 Å². The largest absolute Gasteiger partial charge is 0.491 e. The Balaban J connectivity index is 1.88. The van der Waals surface area contributed by atoms with Gasteiger partial charge >= 0.3 is 0 Å². The summed E-state index contributed by atoms with van der Waals surface area (Å²) in [5.41, 5.74) is 10.4. The van der Waals surface area contributed by atoms with Crippen LogP contribution in [0.1, 0.15) is 19.4 Å². The normalized spacial score (nSPS) is 11.0. The molecule has 0 aliphatic rings. The Bertz CT molecular complexity index is 806. The number of rotatable bonds is 4. The van der Waals surface area contributed by atoms with Gasteiger partial charge in [0.25, 0.3) is 0 Å². The minimum Gasteiger partial charge on any atom is -0.491 e. The highest BCUT2D eigenvalue weighted by Crippen LogP contribution is 2.23. The molecule has 0 amide bonds. The third kappa shape index (κ3) is 3.34. The second kappa shape index (κ2) is 6.12. The summed E-state index contributed by atoms with van der Waals surface area (Å²) in [4.78, 5) is 0. The number of nitrogens with zero attached hydrogens (tertiary/aromatic N) is 3. The van der Waals surface area contributed by atoms with Gasteiger partial charge in [-0.1, -0.05) is 11.3 Å². The fourth-order valence-electron chi connectivity index (χ4n) is 2.36. The van der Waals surface area contributed by atoms with Crippen LogP contribution in [0.15, 0.2) is 48.7 Å². The van der Waals surface area contributed by atoms with Crippen molar-refractivity contribution in [3.8, 4) is 22.7 Å². The highest BCUT2D eigenvalue weighted by molar-refractivity contribution is 5.60. The number of ether oxygens (including phenoxy) is 1. The van der Waals surface area contributed by atoms with E-state index < -0.39 is 0 Å². The summed E-state index contributed by atoms with van der Waals surface area (Å²) in [5.74, 6) is 0.850. The van der Waals surface area contributed by atoms with Gasteiger partial charge in [-0.15, -0.1) is 5.10 Å². The van der Waals surface area contributed by atoms with Crippen molar-refractivity contribution in [3.63, 3.8) is 0 Å². The molecule has 2 aromatic carbocycles. The van der Waals surface area contributed by atoms with Crippen LogP contribution in [0.3, 0.4) is 0 Å². The maximum Gasteiger partial charge on any atom is 0.119 e. The second-order valence-corrected chi connectivity index (χ2v) is 5.79. The number of benzene rings is 2. The Morgan fingerprint density at radius 1 is 1.09 bits per heavy atom. The Morgan fingerprint density at radius 2 is 1.83 bits per heavy atom. The molecule has 5 nitrogen and oxygen atoms in total. The average Bonchev–Trinajstić information content (AvgIpc) is 2.99. The van der Waals surface area contributed by atoms with Crippen LogP contribution in [0.5, 0.6) is 5.75 Å². The van der Waals surface area contributed by atoms with Crippen molar-refractivity contribution < 1.29 is 4.74 Å². The van der Waals surface area contributed by atoms with Crippen molar-refractivity contribution in [1.82, 2.24) is 15.0 Å². The number of anilines is 1. The molecule has 1 heterocycles. The first kappa shape index (κ1) is 15.1. The van der Waals surface area contributed by atoms with Gasteiger partial charge in [-0.25, -0.2) is 4.68 Å². The molecule has 3 rings (SSSR count). The maximum absolute atomic E-state index is 5.86. The standard InChI is InChI=1S/C18H20N4O/c1-12(2)23-16-8-5-14(6-9-16)17-11-22(21-20-17)18-10-15(19)7-4-13(18)3/h4-12H,19H2,1-3H3. The van der Waals surface area contributed by atoms with E-state index in [-0.39, 0.29) is 6.10 Å². The zero-order valence-electron chi connectivity index (χ0n) is 13.5. The molecule has 0 saturated heterocycles. The predicted octanol–water partition coefficient (Wildman–Crippen LogP) is 3.61. The van der Waals surface area contributed by atoms with Crippen molar-refractivity contribution in [2.45, 2.75) is 26.9 Å². The molecule has 0 radical (unpaired) electrons. The molecule has 0 unspecified atom stereocenters. The summed E-state index contributed by atoms with van der Waals surface area (Å²) in [6.07, 6.45) is 2.06. The molecule has 0 fully saturated rings. The number of nitrogen functional groups attached to an aromatic ring is 1. The topological polar surface area (TPSA) is 66.0 Å². The number of hydrogen-bond acceptors (Lipinski definition) is 4. The fraction of sp³-hybridized carbons (Fsp3) is 0.222. The molecule has 3 aromatic rings. The van der Waals surface area contributed by atoms with Gasteiger partial charge in [0, 0.05) is 11.3 Å². The quantitative estimate of drug-likeness (QED) is 0.748. The highest BCUT2D eigenvalue weighted by atomic mass is 16.5. The summed E-state index contributed by atoms with van der Waals surface area (Å²) >= 11 is 0. The number of aryl methyl sites for hydroxylation is 1. The summed E-state index contributed by atoms with van der Waals surface area (Å²) in [7, 11) is 0. The molecule has 0 atom stereocenters. The van der Waals surface area contributed by atoms with Crippen LogP contribution in [0.2, 0.25) is 0 Å². The van der Waals surface area contributed by atoms with E-state index in [9.17, 15) is 0 Å². The van der Waals surface area contributed by atoms with E-state index in [1.165, 1.54) is 0 Å². The smallest absolute Gasteiger partial charge is 0.119 e. The Labute approximate surface area is 135 Å². The Morgan fingerprint density at radius 3 is 2.52 bits per heavy atom. The monoisotopic (exact) mass is 308 g/mol. The molecular formula is C18H20N4O. The Hall–Kier alpha value is -2.82. The molecule has 0 bridgehead atoms. The SMILES string of the molecule is Cc1ccc(N)cc1-n1cc(-c2ccc(OC(C)C)cc2)nn1. The van der Waals surface area contributed by atoms with Crippen LogP contribution >= 0.6 is 0 Å². The van der Waals surface area contributed by atoms with Crippen LogP contribution in [0.4, 0.5) is 5.69 Å². The first-order chi connectivity index (χ1) is 11.0. The Kier molecular flexibility index (Phi) is 4.02. The van der Waals surface area contributed by atoms with Gasteiger partial charge in [-0.05, 0) is 62.7 Å². The molecular weight excluding hydrogens is 288 g/mol. The minimum absolute atomic E-state index is 0.160. The zero-order valence-corrected chi connectivity index (χ0v) is 13.5. The average molecular weight is 308 g/mol. The molecule has 0 aliphatic carbocycles. The zero-order chi connectivity index (χ0) is 16.4. The van der Waals surface area contributed by atoms with Crippen molar-refractivity contribution in [1.29, 1.82) is 0 Å². The van der Waals surface area contributed by atoms with Gasteiger partial charge in [0.1, 0.15) is 11.4 Å². The number of aromatic nitrogens is 3. The van der Waals surface area contributed by atoms with E-state index in [1.54, 1.807) is 4.68 Å². The number of nitrogens with two attached hydrogens (primary N) is 1. The summed E-state index contributed by atoms with van der Waals surface area (Å²) < 4.78 is 7.40.